The zero-order valence-corrected chi connectivity index (χ0v) is 10.2. The van der Waals surface area contributed by atoms with Crippen LogP contribution in [0.2, 0.25) is 0 Å². The van der Waals surface area contributed by atoms with E-state index in [1.807, 2.05) is 0 Å². The number of ether oxygens (including phenoxy) is 1. The van der Waals surface area contributed by atoms with Crippen molar-refractivity contribution in [3.8, 4) is 0 Å². The van der Waals surface area contributed by atoms with Gasteiger partial charge in [0.15, 0.2) is 4.80 Å². The van der Waals surface area contributed by atoms with E-state index in [1.165, 1.54) is 38.3 Å². The van der Waals surface area contributed by atoms with Crippen LogP contribution in [-0.4, -0.2) is 17.6 Å². The van der Waals surface area contributed by atoms with E-state index < -0.39 is 0 Å². The van der Waals surface area contributed by atoms with Crippen LogP contribution in [0.5, 0.6) is 0 Å². The van der Waals surface area contributed by atoms with Crippen LogP contribution in [0.25, 0.3) is 0 Å². The fourth-order valence-electron chi connectivity index (χ4n) is 1.55. The lowest BCUT2D eigenvalue weighted by Crippen LogP contribution is -2.25. The van der Waals surface area contributed by atoms with Gasteiger partial charge in [0, 0.05) is 6.61 Å². The second-order valence-corrected chi connectivity index (χ2v) is 6.26. The predicted octanol–water partition coefficient (Wildman–Crippen LogP) is 3.95. The smallest absolute Gasteiger partial charge is 0.157 e. The van der Waals surface area contributed by atoms with Gasteiger partial charge in [0.1, 0.15) is 0 Å². The second-order valence-electron chi connectivity index (χ2n) is 3.67. The Morgan fingerprint density at radius 2 is 2.23 bits per heavy atom. The van der Waals surface area contributed by atoms with Crippen LogP contribution in [0.1, 0.15) is 45.4 Å². The van der Waals surface area contributed by atoms with Crippen molar-refractivity contribution in [1.29, 1.82) is 0 Å². The van der Waals surface area contributed by atoms with Crippen molar-refractivity contribution in [1.82, 2.24) is 0 Å². The molecule has 0 aliphatic carbocycles. The molecule has 13 heavy (non-hydrogen) atoms. The molecule has 0 amide bonds. The van der Waals surface area contributed by atoms with Gasteiger partial charge in [0.25, 0.3) is 0 Å². The van der Waals surface area contributed by atoms with Crippen LogP contribution >= 0.6 is 20.2 Å². The first kappa shape index (κ1) is 11.8. The standard InChI is InChI=1S/C10H20ClOP/c1-2-3-6-9-13-10(11)7-4-5-8-12-10/h13H,2-9H2,1H3. The molecule has 0 radical (unpaired) electrons. The quantitative estimate of drug-likeness (QED) is 0.389. The van der Waals surface area contributed by atoms with E-state index in [0.717, 1.165) is 21.6 Å². The highest BCUT2D eigenvalue weighted by Gasteiger charge is 2.29. The molecule has 1 nitrogen and oxygen atoms in total. The predicted molar refractivity (Wildman–Crippen MR) is 61.1 cm³/mol. The summed E-state index contributed by atoms with van der Waals surface area (Å²) in [6.07, 6.45) is 8.67. The van der Waals surface area contributed by atoms with E-state index in [4.69, 9.17) is 16.3 Å². The Morgan fingerprint density at radius 3 is 2.85 bits per heavy atom. The van der Waals surface area contributed by atoms with Gasteiger partial charge in [-0.25, -0.2) is 0 Å². The third-order valence-electron chi connectivity index (χ3n) is 2.39. The SMILES string of the molecule is CCCCCPC1(Cl)CCCCO1. The summed E-state index contributed by atoms with van der Waals surface area (Å²) in [6.45, 7) is 3.10. The first-order valence-corrected chi connectivity index (χ1v) is 6.93. The van der Waals surface area contributed by atoms with Gasteiger partial charge < -0.3 is 4.74 Å². The number of rotatable bonds is 5. The third-order valence-corrected chi connectivity index (χ3v) is 4.62. The highest BCUT2D eigenvalue weighted by atomic mass is 35.5. The highest BCUT2D eigenvalue weighted by Crippen LogP contribution is 2.44. The maximum atomic E-state index is 6.34. The average Bonchev–Trinajstić information content (AvgIpc) is 2.14. The number of alkyl halides is 1. The van der Waals surface area contributed by atoms with Gasteiger partial charge in [0.2, 0.25) is 0 Å². The summed E-state index contributed by atoms with van der Waals surface area (Å²) in [4.78, 5) is -0.272. The molecule has 0 N–H and O–H groups in total. The maximum Gasteiger partial charge on any atom is 0.157 e. The van der Waals surface area contributed by atoms with Gasteiger partial charge in [-0.05, 0) is 31.8 Å². The molecule has 78 valence electrons. The van der Waals surface area contributed by atoms with Gasteiger partial charge in [0.05, 0.1) is 0 Å². The molecule has 1 saturated heterocycles. The molecule has 0 aromatic carbocycles. The summed E-state index contributed by atoms with van der Waals surface area (Å²) in [5, 5.41) is 0. The molecule has 2 unspecified atom stereocenters. The normalized spacial score (nSPS) is 30.0. The Bertz CT molecular complexity index is 135. The van der Waals surface area contributed by atoms with Crippen LogP contribution in [0.3, 0.4) is 0 Å². The van der Waals surface area contributed by atoms with Crippen molar-refractivity contribution in [2.45, 2.75) is 50.2 Å². The van der Waals surface area contributed by atoms with Gasteiger partial charge in [-0.3, -0.25) is 0 Å². The molecule has 1 aliphatic heterocycles. The molecular weight excluding hydrogens is 203 g/mol. The van der Waals surface area contributed by atoms with Gasteiger partial charge >= 0.3 is 0 Å². The minimum absolute atomic E-state index is 0.272. The number of hydrogen-bond acceptors (Lipinski definition) is 1. The fraction of sp³-hybridized carbons (Fsp3) is 1.00. The first-order valence-electron chi connectivity index (χ1n) is 5.35. The van der Waals surface area contributed by atoms with E-state index in [9.17, 15) is 0 Å². The minimum atomic E-state index is -0.272. The van der Waals surface area contributed by atoms with Crippen molar-refractivity contribution in [3.63, 3.8) is 0 Å². The van der Waals surface area contributed by atoms with Crippen molar-refractivity contribution in [2.24, 2.45) is 0 Å². The molecule has 0 spiro atoms. The van der Waals surface area contributed by atoms with Crippen LogP contribution in [0.15, 0.2) is 0 Å². The third kappa shape index (κ3) is 4.63. The molecule has 1 heterocycles. The lowest BCUT2D eigenvalue weighted by molar-refractivity contribution is 0.0422. The van der Waals surface area contributed by atoms with E-state index >= 15 is 0 Å². The molecule has 0 aromatic heterocycles. The Hall–Kier alpha value is 0.680. The molecule has 0 aromatic rings. The monoisotopic (exact) mass is 222 g/mol. The van der Waals surface area contributed by atoms with Crippen LogP contribution in [-0.2, 0) is 4.74 Å². The summed E-state index contributed by atoms with van der Waals surface area (Å²) in [5.41, 5.74) is 0. The second kappa shape index (κ2) is 6.22. The summed E-state index contributed by atoms with van der Waals surface area (Å²) in [7, 11) is 0.787. The van der Waals surface area contributed by atoms with E-state index in [1.54, 1.807) is 0 Å². The summed E-state index contributed by atoms with van der Waals surface area (Å²) in [6, 6.07) is 0. The molecule has 2 atom stereocenters. The van der Waals surface area contributed by atoms with Crippen LogP contribution < -0.4 is 0 Å². The fourth-order valence-corrected chi connectivity index (χ4v) is 3.40. The Morgan fingerprint density at radius 1 is 1.38 bits per heavy atom. The summed E-state index contributed by atoms with van der Waals surface area (Å²) in [5.74, 6) is 0. The Labute approximate surface area is 88.3 Å². The lowest BCUT2D eigenvalue weighted by Gasteiger charge is -2.31. The number of unbranched alkanes of at least 4 members (excludes halogenated alkanes) is 2. The average molecular weight is 223 g/mol. The van der Waals surface area contributed by atoms with Crippen molar-refractivity contribution >= 4 is 20.2 Å². The molecular formula is C10H20ClOP. The molecule has 1 rings (SSSR count). The maximum absolute atomic E-state index is 6.34. The lowest BCUT2D eigenvalue weighted by atomic mass is 10.2. The van der Waals surface area contributed by atoms with Gasteiger partial charge in [-0.1, -0.05) is 39.9 Å². The largest absolute Gasteiger partial charge is 0.356 e. The van der Waals surface area contributed by atoms with Crippen LogP contribution in [0, 0.1) is 0 Å². The summed E-state index contributed by atoms with van der Waals surface area (Å²) >= 11 is 6.34. The van der Waals surface area contributed by atoms with Crippen molar-refractivity contribution in [2.75, 3.05) is 12.8 Å². The summed E-state index contributed by atoms with van der Waals surface area (Å²) < 4.78 is 5.62. The zero-order chi connectivity index (χ0) is 9.57. The van der Waals surface area contributed by atoms with Crippen LogP contribution in [0.4, 0.5) is 0 Å². The molecule has 1 aliphatic rings. The molecule has 1 fully saturated rings. The highest BCUT2D eigenvalue weighted by molar-refractivity contribution is 7.42. The molecule has 0 bridgehead atoms. The van der Waals surface area contributed by atoms with E-state index in [0.29, 0.717) is 0 Å². The molecule has 0 saturated carbocycles. The van der Waals surface area contributed by atoms with E-state index in [-0.39, 0.29) is 4.80 Å². The topological polar surface area (TPSA) is 9.23 Å². The Balaban J connectivity index is 2.10. The molecule has 3 heteroatoms. The van der Waals surface area contributed by atoms with Gasteiger partial charge in [-0.15, -0.1) is 0 Å². The number of hydrogen-bond donors (Lipinski definition) is 0. The zero-order valence-electron chi connectivity index (χ0n) is 8.44. The number of halogens is 1. The minimum Gasteiger partial charge on any atom is -0.356 e. The van der Waals surface area contributed by atoms with Crippen molar-refractivity contribution in [3.05, 3.63) is 0 Å². The Kier molecular flexibility index (Phi) is 5.62. The first-order chi connectivity index (χ1) is 6.27. The van der Waals surface area contributed by atoms with Crippen molar-refractivity contribution < 1.29 is 4.74 Å². The van der Waals surface area contributed by atoms with E-state index in [2.05, 4.69) is 6.92 Å². The van der Waals surface area contributed by atoms with Gasteiger partial charge in [-0.2, -0.15) is 0 Å².